The maximum Gasteiger partial charge on any atom is 0.191 e. The van der Waals surface area contributed by atoms with Gasteiger partial charge in [0.05, 0.1) is 12.7 Å². The highest BCUT2D eigenvalue weighted by Crippen LogP contribution is 2.14. The lowest BCUT2D eigenvalue weighted by atomic mass is 10.2. The molecule has 2 N–H and O–H groups in total. The van der Waals surface area contributed by atoms with Crippen LogP contribution in [0.2, 0.25) is 0 Å². The monoisotopic (exact) mass is 371 g/mol. The lowest BCUT2D eigenvalue weighted by Gasteiger charge is -2.18. The number of aliphatic imine (C=N–C) groups is 1. The number of nitrogens with zero attached hydrogens (tertiary/aromatic N) is 1. The highest BCUT2D eigenvalue weighted by Gasteiger charge is 2.14. The third-order valence-electron chi connectivity index (χ3n) is 2.81. The minimum absolute atomic E-state index is 0. The number of hydrogen-bond donors (Lipinski definition) is 2. The number of hydrogen-bond acceptors (Lipinski definition) is 3. The Hall–Kier alpha value is -0.0800. The van der Waals surface area contributed by atoms with Crippen LogP contribution in [0, 0.1) is 0 Å². The summed E-state index contributed by atoms with van der Waals surface area (Å²) in [7, 11) is 3.48. The van der Waals surface area contributed by atoms with Gasteiger partial charge in [-0.25, -0.2) is 0 Å². The van der Waals surface area contributed by atoms with Crippen molar-refractivity contribution < 1.29 is 9.47 Å². The number of nitrogens with one attached hydrogen (secondary N) is 2. The number of guanidine groups is 1. The van der Waals surface area contributed by atoms with Crippen LogP contribution in [0.4, 0.5) is 0 Å². The molecule has 1 aliphatic heterocycles. The third kappa shape index (κ3) is 7.38. The van der Waals surface area contributed by atoms with E-state index in [0.717, 1.165) is 25.5 Å². The smallest absolute Gasteiger partial charge is 0.191 e. The molecular weight excluding hydrogens is 345 g/mol. The SMILES string of the molecule is CN=C(NCCC1CCCO1)NC(C)COC.I. The molecule has 1 heterocycles. The first-order chi connectivity index (χ1) is 8.26. The van der Waals surface area contributed by atoms with E-state index in [0.29, 0.717) is 12.7 Å². The Morgan fingerprint density at radius 1 is 1.56 bits per heavy atom. The summed E-state index contributed by atoms with van der Waals surface area (Å²) >= 11 is 0. The highest BCUT2D eigenvalue weighted by atomic mass is 127. The molecule has 6 heteroatoms. The van der Waals surface area contributed by atoms with Crippen molar-refractivity contribution in [2.45, 2.75) is 38.3 Å². The van der Waals surface area contributed by atoms with Gasteiger partial charge in [0.1, 0.15) is 0 Å². The second-order valence-electron chi connectivity index (χ2n) is 4.42. The quantitative estimate of drug-likeness (QED) is 0.421. The van der Waals surface area contributed by atoms with Crippen LogP contribution in [0.1, 0.15) is 26.2 Å². The van der Waals surface area contributed by atoms with Crippen LogP contribution in [0.25, 0.3) is 0 Å². The molecule has 18 heavy (non-hydrogen) atoms. The van der Waals surface area contributed by atoms with E-state index in [-0.39, 0.29) is 30.0 Å². The lowest BCUT2D eigenvalue weighted by Crippen LogP contribution is -2.44. The Kier molecular flexibility index (Phi) is 10.8. The molecule has 0 aromatic rings. The molecule has 1 saturated heterocycles. The van der Waals surface area contributed by atoms with Crippen molar-refractivity contribution in [2.24, 2.45) is 4.99 Å². The third-order valence-corrected chi connectivity index (χ3v) is 2.81. The van der Waals surface area contributed by atoms with Crippen molar-refractivity contribution in [3.8, 4) is 0 Å². The Labute approximate surface area is 127 Å². The summed E-state index contributed by atoms with van der Waals surface area (Å²) in [6.07, 6.45) is 3.85. The van der Waals surface area contributed by atoms with Crippen LogP contribution >= 0.6 is 24.0 Å². The molecule has 0 spiro atoms. The minimum Gasteiger partial charge on any atom is -0.383 e. The molecule has 0 aromatic heterocycles. The van der Waals surface area contributed by atoms with Gasteiger partial charge < -0.3 is 20.1 Å². The Bertz CT molecular complexity index is 233. The molecule has 0 amide bonds. The van der Waals surface area contributed by atoms with Gasteiger partial charge >= 0.3 is 0 Å². The van der Waals surface area contributed by atoms with Crippen LogP contribution in [0.5, 0.6) is 0 Å². The summed E-state index contributed by atoms with van der Waals surface area (Å²) < 4.78 is 10.6. The molecule has 0 aromatic carbocycles. The van der Waals surface area contributed by atoms with Crippen molar-refractivity contribution in [2.75, 3.05) is 33.9 Å². The minimum atomic E-state index is 0. The molecule has 2 atom stereocenters. The Balaban J connectivity index is 0.00000289. The molecule has 2 unspecified atom stereocenters. The molecule has 0 aliphatic carbocycles. The zero-order valence-electron chi connectivity index (χ0n) is 11.6. The fourth-order valence-electron chi connectivity index (χ4n) is 1.94. The van der Waals surface area contributed by atoms with Gasteiger partial charge in [0.15, 0.2) is 5.96 Å². The van der Waals surface area contributed by atoms with Crippen LogP contribution in [-0.2, 0) is 9.47 Å². The number of methoxy groups -OCH3 is 1. The predicted octanol–water partition coefficient (Wildman–Crippen LogP) is 1.37. The van der Waals surface area contributed by atoms with Gasteiger partial charge in [0.25, 0.3) is 0 Å². The number of rotatable bonds is 6. The van der Waals surface area contributed by atoms with Crippen LogP contribution < -0.4 is 10.6 Å². The molecule has 108 valence electrons. The fraction of sp³-hybridized carbons (Fsp3) is 0.917. The van der Waals surface area contributed by atoms with Gasteiger partial charge in [-0.2, -0.15) is 0 Å². The van der Waals surface area contributed by atoms with E-state index in [1.807, 2.05) is 0 Å². The maximum atomic E-state index is 5.57. The summed E-state index contributed by atoms with van der Waals surface area (Å²) in [5, 5.41) is 6.55. The predicted molar refractivity (Wildman–Crippen MR) is 84.8 cm³/mol. The summed E-state index contributed by atoms with van der Waals surface area (Å²) in [6, 6.07) is 0.258. The van der Waals surface area contributed by atoms with Gasteiger partial charge in [-0.15, -0.1) is 24.0 Å². The van der Waals surface area contributed by atoms with Gasteiger partial charge in [0, 0.05) is 33.4 Å². The van der Waals surface area contributed by atoms with Gasteiger partial charge in [-0.3, -0.25) is 4.99 Å². The van der Waals surface area contributed by atoms with Crippen LogP contribution in [0.15, 0.2) is 4.99 Å². The topological polar surface area (TPSA) is 54.9 Å². The molecule has 0 radical (unpaired) electrons. The molecule has 1 rings (SSSR count). The van der Waals surface area contributed by atoms with E-state index in [1.54, 1.807) is 14.2 Å². The van der Waals surface area contributed by atoms with Gasteiger partial charge in [0.2, 0.25) is 0 Å². The van der Waals surface area contributed by atoms with Crippen molar-refractivity contribution in [3.63, 3.8) is 0 Å². The summed E-state index contributed by atoms with van der Waals surface area (Å²) in [5.74, 6) is 0.826. The zero-order chi connectivity index (χ0) is 12.5. The van der Waals surface area contributed by atoms with Gasteiger partial charge in [-0.1, -0.05) is 0 Å². The van der Waals surface area contributed by atoms with E-state index in [2.05, 4.69) is 22.5 Å². The van der Waals surface area contributed by atoms with Crippen molar-refractivity contribution in [3.05, 3.63) is 0 Å². The van der Waals surface area contributed by atoms with Crippen LogP contribution in [0.3, 0.4) is 0 Å². The van der Waals surface area contributed by atoms with Crippen molar-refractivity contribution in [1.82, 2.24) is 10.6 Å². The first kappa shape index (κ1) is 17.9. The average molecular weight is 371 g/mol. The number of halogens is 1. The standard InChI is InChI=1S/C12H25N3O2.HI/c1-10(9-16-3)15-12(13-2)14-7-6-11-5-4-8-17-11;/h10-11H,4-9H2,1-3H3,(H2,13,14,15);1H. The van der Waals surface area contributed by atoms with E-state index in [9.17, 15) is 0 Å². The van der Waals surface area contributed by atoms with Crippen LogP contribution in [-0.4, -0.2) is 52.0 Å². The van der Waals surface area contributed by atoms with E-state index in [4.69, 9.17) is 9.47 Å². The first-order valence-electron chi connectivity index (χ1n) is 6.34. The number of ether oxygens (including phenoxy) is 2. The molecule has 5 nitrogen and oxygen atoms in total. The first-order valence-corrected chi connectivity index (χ1v) is 6.34. The van der Waals surface area contributed by atoms with Crippen molar-refractivity contribution >= 4 is 29.9 Å². The highest BCUT2D eigenvalue weighted by molar-refractivity contribution is 14.0. The Morgan fingerprint density at radius 2 is 2.33 bits per heavy atom. The van der Waals surface area contributed by atoms with E-state index in [1.165, 1.54) is 12.8 Å². The molecule has 0 bridgehead atoms. The summed E-state index contributed by atoms with van der Waals surface area (Å²) in [6.45, 7) is 4.55. The van der Waals surface area contributed by atoms with Gasteiger partial charge in [-0.05, 0) is 26.2 Å². The largest absolute Gasteiger partial charge is 0.383 e. The summed E-state index contributed by atoms with van der Waals surface area (Å²) in [4.78, 5) is 4.17. The fourth-order valence-corrected chi connectivity index (χ4v) is 1.94. The molecule has 1 fully saturated rings. The van der Waals surface area contributed by atoms with Crippen molar-refractivity contribution in [1.29, 1.82) is 0 Å². The second-order valence-corrected chi connectivity index (χ2v) is 4.42. The van der Waals surface area contributed by atoms with E-state index < -0.39 is 0 Å². The Morgan fingerprint density at radius 3 is 2.89 bits per heavy atom. The van der Waals surface area contributed by atoms with E-state index >= 15 is 0 Å². The lowest BCUT2D eigenvalue weighted by molar-refractivity contribution is 0.105. The second kappa shape index (κ2) is 10.8. The molecule has 0 saturated carbocycles. The average Bonchev–Trinajstić information content (AvgIpc) is 2.81. The summed E-state index contributed by atoms with van der Waals surface area (Å²) in [5.41, 5.74) is 0. The molecule has 1 aliphatic rings. The zero-order valence-corrected chi connectivity index (χ0v) is 13.9. The normalized spacial score (nSPS) is 21.3. The maximum absolute atomic E-state index is 5.57. The molecular formula is C12H26IN3O2.